The van der Waals surface area contributed by atoms with Gasteiger partial charge >= 0.3 is 0 Å². The largest absolute Gasteiger partial charge is 0.482 e. The zero-order valence-corrected chi connectivity index (χ0v) is 28.9. The minimum atomic E-state index is -1.82. The van der Waals surface area contributed by atoms with Crippen molar-refractivity contribution in [2.24, 2.45) is 16.3 Å². The van der Waals surface area contributed by atoms with E-state index in [2.05, 4.69) is 10.3 Å². The van der Waals surface area contributed by atoms with Crippen molar-refractivity contribution >= 4 is 28.8 Å². The van der Waals surface area contributed by atoms with E-state index in [0.717, 1.165) is 43.4 Å². The van der Waals surface area contributed by atoms with Gasteiger partial charge in [-0.25, -0.2) is 9.78 Å². The van der Waals surface area contributed by atoms with Gasteiger partial charge in [0, 0.05) is 42.6 Å². The van der Waals surface area contributed by atoms with Crippen LogP contribution in [-0.4, -0.2) is 100 Å². The molecular weight excluding hydrogens is 662 g/mol. The molecule has 2 aromatic rings. The molecule has 276 valence electrons. The lowest BCUT2D eigenvalue weighted by Gasteiger charge is -2.44. The lowest BCUT2D eigenvalue weighted by Crippen LogP contribution is -2.52. The van der Waals surface area contributed by atoms with Crippen LogP contribution in [0.2, 0.25) is 0 Å². The van der Waals surface area contributed by atoms with E-state index in [0.29, 0.717) is 59.7 Å². The summed E-state index contributed by atoms with van der Waals surface area (Å²) < 4.78 is 13.3. The summed E-state index contributed by atoms with van der Waals surface area (Å²) in [6, 6.07) is 3.19. The molecule has 0 bridgehead atoms. The predicted octanol–water partition coefficient (Wildman–Crippen LogP) is 1.70. The first kappa shape index (κ1) is 35.8. The summed E-state index contributed by atoms with van der Waals surface area (Å²) in [5.41, 5.74) is 1.85. The zero-order valence-electron chi connectivity index (χ0n) is 28.9. The molecule has 6 N–H and O–H groups in total. The van der Waals surface area contributed by atoms with Gasteiger partial charge in [0.2, 0.25) is 5.91 Å². The number of amides is 1. The Morgan fingerprint density at radius 2 is 1.86 bits per heavy atom. The number of ether oxygens (including phenoxy) is 1. The van der Waals surface area contributed by atoms with Gasteiger partial charge in [0.05, 0.1) is 29.6 Å². The van der Waals surface area contributed by atoms with Gasteiger partial charge in [0.25, 0.3) is 0 Å². The van der Waals surface area contributed by atoms with Crippen LogP contribution in [0.15, 0.2) is 49.9 Å². The molecule has 1 saturated carbocycles. The number of aliphatic imine (C=N–C) groups is 1. The summed E-state index contributed by atoms with van der Waals surface area (Å²) in [7, 11) is 0. The minimum absolute atomic E-state index is 0.0920. The quantitative estimate of drug-likeness (QED) is 0.138. The summed E-state index contributed by atoms with van der Waals surface area (Å²) in [4.78, 5) is 44.5. The van der Waals surface area contributed by atoms with Crippen LogP contribution in [0.4, 0.5) is 5.69 Å². The van der Waals surface area contributed by atoms with Crippen LogP contribution < -0.4 is 20.4 Å². The van der Waals surface area contributed by atoms with E-state index in [4.69, 9.17) is 24.0 Å². The van der Waals surface area contributed by atoms with Crippen molar-refractivity contribution in [2.75, 3.05) is 31.2 Å². The Morgan fingerprint density at radius 3 is 2.61 bits per heavy atom. The molecule has 1 saturated heterocycles. The molecule has 14 heteroatoms. The number of benzene rings is 1. The Kier molecular flexibility index (Phi) is 9.86. The van der Waals surface area contributed by atoms with Gasteiger partial charge in [-0.1, -0.05) is 19.3 Å². The van der Waals surface area contributed by atoms with Gasteiger partial charge in [0.1, 0.15) is 54.2 Å². The third-order valence-corrected chi connectivity index (χ3v) is 11.5. The first-order chi connectivity index (χ1) is 24.4. The Bertz CT molecular complexity index is 1810. The molecule has 14 nitrogen and oxygen atoms in total. The summed E-state index contributed by atoms with van der Waals surface area (Å²) in [5.74, 6) is 1.20. The number of carbonyl (C=O) groups is 1. The van der Waals surface area contributed by atoms with Crippen LogP contribution >= 0.6 is 0 Å². The van der Waals surface area contributed by atoms with Crippen LogP contribution in [-0.2, 0) is 21.0 Å². The average Bonchev–Trinajstić information content (AvgIpc) is 3.81. The van der Waals surface area contributed by atoms with E-state index >= 15 is 0 Å². The van der Waals surface area contributed by atoms with Crippen molar-refractivity contribution in [1.29, 1.82) is 0 Å². The highest BCUT2D eigenvalue weighted by Crippen LogP contribution is 2.51. The van der Waals surface area contributed by atoms with Crippen LogP contribution in [0.1, 0.15) is 63.2 Å². The van der Waals surface area contributed by atoms with Crippen molar-refractivity contribution < 1.29 is 49.3 Å². The lowest BCUT2D eigenvalue weighted by molar-refractivity contribution is -0.360. The number of fused-ring (bicyclic) bond motifs is 3. The highest BCUT2D eigenvalue weighted by molar-refractivity contribution is 5.96. The Labute approximate surface area is 294 Å². The molecule has 5 aliphatic rings. The molecule has 7 unspecified atom stereocenters. The van der Waals surface area contributed by atoms with Crippen LogP contribution in [0.5, 0.6) is 5.75 Å². The lowest BCUT2D eigenvalue weighted by atomic mass is 9.65. The highest BCUT2D eigenvalue weighted by Gasteiger charge is 2.52. The summed E-state index contributed by atoms with van der Waals surface area (Å²) >= 11 is 0. The van der Waals surface area contributed by atoms with Gasteiger partial charge in [0.15, 0.2) is 16.8 Å². The second-order valence-corrected chi connectivity index (χ2v) is 14.9. The molecule has 2 fully saturated rings. The van der Waals surface area contributed by atoms with E-state index < -0.39 is 54.7 Å². The van der Waals surface area contributed by atoms with Gasteiger partial charge in [-0.05, 0) is 57.6 Å². The first-order valence-corrected chi connectivity index (χ1v) is 17.8. The number of nitrogens with zero attached hydrogens (tertiary/aromatic N) is 2. The number of rotatable bonds is 12. The average molecular weight is 710 g/mol. The van der Waals surface area contributed by atoms with Crippen molar-refractivity contribution in [3.05, 3.63) is 57.2 Å². The van der Waals surface area contributed by atoms with Gasteiger partial charge in [-0.15, -0.1) is 0 Å². The van der Waals surface area contributed by atoms with E-state index in [1.807, 2.05) is 24.1 Å². The van der Waals surface area contributed by atoms with Crippen molar-refractivity contribution in [1.82, 2.24) is 5.32 Å². The molecule has 0 radical (unpaired) electrons. The third kappa shape index (κ3) is 6.52. The van der Waals surface area contributed by atoms with Gasteiger partial charge in [-0.2, -0.15) is 0 Å². The normalized spacial score (nSPS) is 27.4. The number of carbonyl (C=O) groups excluding carboxylic acids is 1. The second-order valence-electron chi connectivity index (χ2n) is 14.9. The minimum Gasteiger partial charge on any atom is -0.482 e. The number of hydrogen-bond donors (Lipinski definition) is 6. The fraction of sp³-hybridized carbons (Fsp3) is 0.595. The maximum Gasteiger partial charge on any atom is 0.226 e. The van der Waals surface area contributed by atoms with E-state index in [9.17, 15) is 30.0 Å². The van der Waals surface area contributed by atoms with E-state index in [1.54, 1.807) is 19.2 Å². The molecule has 5 heterocycles. The number of hydrogen-bond acceptors (Lipinski definition) is 13. The maximum atomic E-state index is 13.4. The maximum absolute atomic E-state index is 13.4. The summed E-state index contributed by atoms with van der Waals surface area (Å²) in [6.07, 6.45) is 4.08. The molecule has 1 amide bonds. The molecular formula is C37H47N3O11. The first-order valence-electron chi connectivity index (χ1n) is 17.8. The molecule has 51 heavy (non-hydrogen) atoms. The second kappa shape index (κ2) is 14.1. The van der Waals surface area contributed by atoms with Crippen LogP contribution in [0.25, 0.3) is 11.0 Å². The topological polar surface area (TPSA) is 204 Å². The standard InChI is InChI=1S/C37H47N3O11/c1-20-12-26(42)24-13-22-14-29(51-48-19-28(44)32(46)31(45)27(43)18-41)36(2,10-6-23-15-39-35(47)37(23)8-4-3-5-9-37)50-33(22)30(34(24)49-20)40-16-21-7-11-38-25(21)17-40/h7,11-13,17,23,27-29,31-32,41,43-46H,3-6,8-10,14-16,18-19H2,1-2H3,(H,39,47). The number of aliphatic hydroxyl groups excluding tert-OH is 5. The van der Waals surface area contributed by atoms with Gasteiger partial charge in [-0.3, -0.25) is 14.6 Å². The molecule has 7 rings (SSSR count). The number of allylic oxidation sites excluding steroid dienone is 1. The number of aryl methyl sites for hydroxylation is 1. The van der Waals surface area contributed by atoms with Crippen molar-refractivity contribution in [3.8, 4) is 5.75 Å². The summed E-state index contributed by atoms with van der Waals surface area (Å²) in [5, 5.41) is 53.3. The number of anilines is 1. The monoisotopic (exact) mass is 709 g/mol. The van der Waals surface area contributed by atoms with Crippen LogP contribution in [0, 0.1) is 18.3 Å². The fourth-order valence-electron chi connectivity index (χ4n) is 8.44. The van der Waals surface area contributed by atoms with E-state index in [1.165, 1.54) is 6.07 Å². The zero-order chi connectivity index (χ0) is 36.1. The van der Waals surface area contributed by atoms with Crippen molar-refractivity contribution in [3.63, 3.8) is 0 Å². The molecule has 1 spiro atoms. The predicted molar refractivity (Wildman–Crippen MR) is 185 cm³/mol. The molecule has 7 atom stereocenters. The molecule has 1 aromatic carbocycles. The van der Waals surface area contributed by atoms with E-state index in [-0.39, 0.29) is 23.7 Å². The van der Waals surface area contributed by atoms with Crippen molar-refractivity contribution in [2.45, 2.75) is 101 Å². The fourth-order valence-corrected chi connectivity index (χ4v) is 8.44. The third-order valence-electron chi connectivity index (χ3n) is 11.5. The molecule has 1 aromatic heterocycles. The summed E-state index contributed by atoms with van der Waals surface area (Å²) in [6.45, 7) is 3.35. The smallest absolute Gasteiger partial charge is 0.226 e. The van der Waals surface area contributed by atoms with Gasteiger partial charge < -0.3 is 44.9 Å². The Morgan fingerprint density at radius 1 is 1.10 bits per heavy atom. The Hall–Kier alpha value is -3.63. The van der Waals surface area contributed by atoms with Crippen LogP contribution in [0.3, 0.4) is 0 Å². The number of aliphatic hydroxyl groups is 5. The highest BCUT2D eigenvalue weighted by atomic mass is 17.2. The molecule has 1 aliphatic carbocycles. The molecule has 4 aliphatic heterocycles. The Balaban J connectivity index is 1.22. The SMILES string of the molecule is Cc1cc(=O)c2cc3c(c(N4C=C5N=CC=C5C4)c2o1)OC(C)(CCC1CNC(=O)C12CCCCC2)C(OOCC(O)C(O)C(O)C(O)CO)C3. The number of nitrogens with one attached hydrogen (secondary N) is 1.